The van der Waals surface area contributed by atoms with Crippen LogP contribution in [0.25, 0.3) is 0 Å². The topological polar surface area (TPSA) is 62.3 Å². The molecule has 30 heavy (non-hydrogen) atoms. The predicted octanol–water partition coefficient (Wildman–Crippen LogP) is 4.92. The summed E-state index contributed by atoms with van der Waals surface area (Å²) in [6.07, 6.45) is 2.33. The van der Waals surface area contributed by atoms with E-state index in [0.29, 0.717) is 16.9 Å². The van der Waals surface area contributed by atoms with Crippen LogP contribution >= 0.6 is 12.2 Å². The van der Waals surface area contributed by atoms with Gasteiger partial charge in [-0.05, 0) is 49.7 Å². The van der Waals surface area contributed by atoms with Crippen LogP contribution in [0.5, 0.6) is 11.6 Å². The van der Waals surface area contributed by atoms with Crippen molar-refractivity contribution in [3.05, 3.63) is 72.3 Å². The molecule has 2 aromatic carbocycles. The molecule has 0 bridgehead atoms. The Hall–Kier alpha value is -3.19. The predicted molar refractivity (Wildman–Crippen MR) is 124 cm³/mol. The first-order chi connectivity index (χ1) is 14.7. The molecule has 1 aliphatic heterocycles. The van der Waals surface area contributed by atoms with Crippen molar-refractivity contribution in [1.29, 1.82) is 0 Å². The first-order valence-corrected chi connectivity index (χ1v) is 10.6. The molecule has 2 heterocycles. The lowest BCUT2D eigenvalue weighted by molar-refractivity contribution is 0.462. The molecule has 0 spiro atoms. The van der Waals surface area contributed by atoms with Crippen molar-refractivity contribution in [2.45, 2.75) is 25.8 Å². The number of benzene rings is 2. The molecule has 4 rings (SSSR count). The molecule has 1 atom stereocenters. The van der Waals surface area contributed by atoms with Gasteiger partial charge in [0.05, 0.1) is 6.04 Å². The van der Waals surface area contributed by atoms with E-state index in [1.807, 2.05) is 54.6 Å². The molecular weight excluding hydrogens is 394 g/mol. The Morgan fingerprint density at radius 1 is 1.00 bits per heavy atom. The third-order valence-corrected chi connectivity index (χ3v) is 5.18. The molecule has 7 heteroatoms. The number of para-hydroxylation sites is 1. The van der Waals surface area contributed by atoms with Gasteiger partial charge in [0.15, 0.2) is 5.11 Å². The zero-order chi connectivity index (χ0) is 20.8. The van der Waals surface area contributed by atoms with Gasteiger partial charge < -0.3 is 20.3 Å². The second kappa shape index (κ2) is 9.54. The van der Waals surface area contributed by atoms with Crippen molar-refractivity contribution in [3.8, 4) is 11.6 Å². The average molecular weight is 420 g/mol. The van der Waals surface area contributed by atoms with Crippen LogP contribution in [0.2, 0.25) is 0 Å². The third kappa shape index (κ3) is 5.24. The summed E-state index contributed by atoms with van der Waals surface area (Å²) in [5, 5.41) is 6.88. The summed E-state index contributed by atoms with van der Waals surface area (Å²) in [6, 6.07) is 21.7. The largest absolute Gasteiger partial charge is 0.439 e. The number of anilines is 2. The Labute approximate surface area is 182 Å². The van der Waals surface area contributed by atoms with E-state index in [9.17, 15) is 0 Å². The number of rotatable bonds is 6. The monoisotopic (exact) mass is 419 g/mol. The van der Waals surface area contributed by atoms with E-state index in [-0.39, 0.29) is 6.04 Å². The van der Waals surface area contributed by atoms with Gasteiger partial charge in [-0.25, -0.2) is 0 Å². The number of nitrogens with zero attached hydrogens (tertiary/aromatic N) is 3. The number of hydrogen-bond acceptors (Lipinski definition) is 5. The molecule has 0 aliphatic carbocycles. The van der Waals surface area contributed by atoms with Gasteiger partial charge in [-0.15, -0.1) is 0 Å². The number of nitrogens with one attached hydrogen (secondary N) is 2. The van der Waals surface area contributed by atoms with E-state index in [2.05, 4.69) is 44.6 Å². The van der Waals surface area contributed by atoms with Crippen LogP contribution in [0.1, 0.15) is 31.4 Å². The Kier molecular flexibility index (Phi) is 6.39. The van der Waals surface area contributed by atoms with Crippen molar-refractivity contribution in [1.82, 2.24) is 15.3 Å². The fraction of sp³-hybridized carbons (Fsp3) is 0.261. The van der Waals surface area contributed by atoms with Gasteiger partial charge >= 0.3 is 0 Å². The van der Waals surface area contributed by atoms with Gasteiger partial charge in [0.1, 0.15) is 11.6 Å². The Morgan fingerprint density at radius 3 is 2.37 bits per heavy atom. The van der Waals surface area contributed by atoms with Crippen molar-refractivity contribution >= 4 is 29.1 Å². The quantitative estimate of drug-likeness (QED) is 0.550. The molecule has 0 saturated carbocycles. The highest BCUT2D eigenvalue weighted by atomic mass is 32.1. The molecule has 6 nitrogen and oxygen atoms in total. The number of ether oxygens (including phenoxy) is 1. The Morgan fingerprint density at radius 2 is 1.67 bits per heavy atom. The molecule has 0 radical (unpaired) electrons. The zero-order valence-electron chi connectivity index (χ0n) is 16.9. The molecule has 2 N–H and O–H groups in total. The first kappa shape index (κ1) is 20.1. The van der Waals surface area contributed by atoms with E-state index in [1.54, 1.807) is 0 Å². The molecule has 1 aliphatic rings. The lowest BCUT2D eigenvalue weighted by Gasteiger charge is -2.20. The van der Waals surface area contributed by atoms with E-state index in [4.69, 9.17) is 17.0 Å². The zero-order valence-corrected chi connectivity index (χ0v) is 17.7. The third-order valence-electron chi connectivity index (χ3n) is 4.96. The van der Waals surface area contributed by atoms with Crippen molar-refractivity contribution in [2.24, 2.45) is 0 Å². The SMILES string of the molecule is C[C@@H](NC(=S)Nc1nc(Oc2ccccc2)cc(N2CCCC2)n1)c1ccccc1. The van der Waals surface area contributed by atoms with Crippen molar-refractivity contribution in [3.63, 3.8) is 0 Å². The summed E-state index contributed by atoms with van der Waals surface area (Å²) < 4.78 is 5.97. The summed E-state index contributed by atoms with van der Waals surface area (Å²) in [5.41, 5.74) is 1.15. The Bertz CT molecular complexity index is 977. The van der Waals surface area contributed by atoms with Crippen LogP contribution < -0.4 is 20.3 Å². The summed E-state index contributed by atoms with van der Waals surface area (Å²) >= 11 is 5.51. The van der Waals surface area contributed by atoms with Gasteiger partial charge in [-0.2, -0.15) is 9.97 Å². The lowest BCUT2D eigenvalue weighted by atomic mass is 10.1. The molecule has 154 valence electrons. The minimum Gasteiger partial charge on any atom is -0.439 e. The maximum absolute atomic E-state index is 5.97. The number of hydrogen-bond donors (Lipinski definition) is 2. The van der Waals surface area contributed by atoms with Crippen LogP contribution in [0, 0.1) is 0 Å². The van der Waals surface area contributed by atoms with E-state index >= 15 is 0 Å². The molecule has 1 fully saturated rings. The number of aromatic nitrogens is 2. The fourth-order valence-corrected chi connectivity index (χ4v) is 3.67. The van der Waals surface area contributed by atoms with Crippen molar-refractivity contribution < 1.29 is 4.74 Å². The molecule has 3 aromatic rings. The van der Waals surface area contributed by atoms with Gasteiger partial charge in [0.2, 0.25) is 11.8 Å². The summed E-state index contributed by atoms with van der Waals surface area (Å²) in [4.78, 5) is 11.4. The summed E-state index contributed by atoms with van der Waals surface area (Å²) in [5.74, 6) is 2.48. The van der Waals surface area contributed by atoms with Crippen LogP contribution in [0.15, 0.2) is 66.7 Å². The van der Waals surface area contributed by atoms with E-state index < -0.39 is 0 Å². The second-order valence-corrected chi connectivity index (χ2v) is 7.64. The van der Waals surface area contributed by atoms with Gasteiger partial charge in [-0.1, -0.05) is 48.5 Å². The summed E-state index contributed by atoms with van der Waals surface area (Å²) in [7, 11) is 0. The minimum absolute atomic E-state index is 0.0630. The Balaban J connectivity index is 1.51. The highest BCUT2D eigenvalue weighted by Crippen LogP contribution is 2.26. The highest BCUT2D eigenvalue weighted by Gasteiger charge is 2.17. The number of thiocarbonyl (C=S) groups is 1. The van der Waals surface area contributed by atoms with Gasteiger partial charge in [0, 0.05) is 19.2 Å². The summed E-state index contributed by atoms with van der Waals surface area (Å²) in [6.45, 7) is 4.03. The highest BCUT2D eigenvalue weighted by molar-refractivity contribution is 7.80. The standard InChI is InChI=1S/C23H25N5OS/c1-17(18-10-4-2-5-11-18)24-23(30)27-22-25-20(28-14-8-9-15-28)16-21(26-22)29-19-12-6-3-7-13-19/h2-7,10-13,16-17H,8-9,14-15H2,1H3,(H2,24,25,26,27,30)/t17-/m1/s1. The average Bonchev–Trinajstić information content (AvgIpc) is 3.30. The van der Waals surface area contributed by atoms with E-state index in [0.717, 1.165) is 43.1 Å². The maximum atomic E-state index is 5.97. The fourth-order valence-electron chi connectivity index (χ4n) is 3.40. The van der Waals surface area contributed by atoms with Crippen LogP contribution in [0.3, 0.4) is 0 Å². The van der Waals surface area contributed by atoms with Gasteiger partial charge in [0.25, 0.3) is 0 Å². The maximum Gasteiger partial charge on any atom is 0.234 e. The molecule has 1 aromatic heterocycles. The smallest absolute Gasteiger partial charge is 0.234 e. The normalized spacial score (nSPS) is 14.2. The van der Waals surface area contributed by atoms with Crippen LogP contribution in [-0.2, 0) is 0 Å². The van der Waals surface area contributed by atoms with Crippen LogP contribution in [0.4, 0.5) is 11.8 Å². The lowest BCUT2D eigenvalue weighted by Crippen LogP contribution is -2.31. The minimum atomic E-state index is 0.0630. The first-order valence-electron chi connectivity index (χ1n) is 10.2. The molecule has 0 unspecified atom stereocenters. The van der Waals surface area contributed by atoms with Gasteiger partial charge in [-0.3, -0.25) is 0 Å². The molecule has 1 saturated heterocycles. The van der Waals surface area contributed by atoms with Crippen molar-refractivity contribution in [2.75, 3.05) is 23.3 Å². The van der Waals surface area contributed by atoms with Crippen LogP contribution in [-0.4, -0.2) is 28.2 Å². The molecule has 0 amide bonds. The molecular formula is C23H25N5OS. The van der Waals surface area contributed by atoms with E-state index in [1.165, 1.54) is 0 Å². The second-order valence-electron chi connectivity index (χ2n) is 7.23.